The summed E-state index contributed by atoms with van der Waals surface area (Å²) in [5.41, 5.74) is 7.45. The number of benzene rings is 1. The molecule has 0 saturated carbocycles. The first kappa shape index (κ1) is 13.3. The number of rotatable bonds is 5. The normalized spacial score (nSPS) is 10.3. The molecule has 0 aliphatic carbocycles. The highest BCUT2D eigenvalue weighted by atomic mass is 16.5. The summed E-state index contributed by atoms with van der Waals surface area (Å²) < 4.78 is 11.2. The second kappa shape index (κ2) is 6.15. The Balaban J connectivity index is 2.25. The SMILES string of the molecule is CCOc1cc(CN)ccc1Oc1ccc(C)nn1. The van der Waals surface area contributed by atoms with Gasteiger partial charge in [-0.2, -0.15) is 5.10 Å². The maximum atomic E-state index is 5.68. The molecule has 19 heavy (non-hydrogen) atoms. The molecular weight excluding hydrogens is 242 g/mol. The van der Waals surface area contributed by atoms with E-state index in [0.29, 0.717) is 30.5 Å². The first-order valence-corrected chi connectivity index (χ1v) is 6.17. The minimum absolute atomic E-state index is 0.437. The van der Waals surface area contributed by atoms with Crippen LogP contribution in [0.3, 0.4) is 0 Å². The Morgan fingerprint density at radius 3 is 2.58 bits per heavy atom. The highest BCUT2D eigenvalue weighted by Crippen LogP contribution is 2.31. The monoisotopic (exact) mass is 259 g/mol. The molecule has 0 amide bonds. The number of hydrogen-bond donors (Lipinski definition) is 1. The highest BCUT2D eigenvalue weighted by molar-refractivity contribution is 5.44. The van der Waals surface area contributed by atoms with Crippen LogP contribution in [-0.2, 0) is 6.54 Å². The molecule has 2 N–H and O–H groups in total. The summed E-state index contributed by atoms with van der Waals surface area (Å²) in [4.78, 5) is 0. The van der Waals surface area contributed by atoms with Crippen LogP contribution in [0.2, 0.25) is 0 Å². The molecule has 2 rings (SSSR count). The van der Waals surface area contributed by atoms with E-state index in [0.717, 1.165) is 11.3 Å². The fourth-order valence-electron chi connectivity index (χ4n) is 1.59. The van der Waals surface area contributed by atoms with Crippen LogP contribution in [0.25, 0.3) is 0 Å². The number of nitrogens with zero attached hydrogens (tertiary/aromatic N) is 2. The van der Waals surface area contributed by atoms with Crippen molar-refractivity contribution in [3.8, 4) is 17.4 Å². The Kier molecular flexibility index (Phi) is 4.30. The van der Waals surface area contributed by atoms with Gasteiger partial charge in [-0.15, -0.1) is 5.10 Å². The van der Waals surface area contributed by atoms with E-state index >= 15 is 0 Å². The van der Waals surface area contributed by atoms with Crippen molar-refractivity contribution < 1.29 is 9.47 Å². The first-order chi connectivity index (χ1) is 9.22. The van der Waals surface area contributed by atoms with Crippen LogP contribution in [0, 0.1) is 6.92 Å². The molecule has 0 aliphatic heterocycles. The fourth-order valence-corrected chi connectivity index (χ4v) is 1.59. The molecule has 0 bridgehead atoms. The Hall–Kier alpha value is -2.14. The van der Waals surface area contributed by atoms with E-state index in [2.05, 4.69) is 10.2 Å². The Labute approximate surface area is 112 Å². The molecule has 0 saturated heterocycles. The third-order valence-corrected chi connectivity index (χ3v) is 2.53. The molecule has 1 aromatic carbocycles. The van der Waals surface area contributed by atoms with E-state index in [9.17, 15) is 0 Å². The number of aromatic nitrogens is 2. The number of hydrogen-bond acceptors (Lipinski definition) is 5. The highest BCUT2D eigenvalue weighted by Gasteiger charge is 2.08. The van der Waals surface area contributed by atoms with Crippen molar-refractivity contribution in [3.05, 3.63) is 41.6 Å². The Morgan fingerprint density at radius 2 is 1.95 bits per heavy atom. The molecule has 5 heteroatoms. The molecule has 0 fully saturated rings. The quantitative estimate of drug-likeness (QED) is 0.893. The number of ether oxygens (including phenoxy) is 2. The summed E-state index contributed by atoms with van der Waals surface area (Å²) in [5.74, 6) is 1.71. The van der Waals surface area contributed by atoms with E-state index in [1.165, 1.54) is 0 Å². The van der Waals surface area contributed by atoms with Gasteiger partial charge in [0.1, 0.15) is 0 Å². The fraction of sp³-hybridized carbons (Fsp3) is 0.286. The molecule has 2 aromatic rings. The first-order valence-electron chi connectivity index (χ1n) is 6.17. The molecule has 0 aliphatic rings. The number of aryl methyl sites for hydroxylation is 1. The lowest BCUT2D eigenvalue weighted by atomic mass is 10.2. The third kappa shape index (κ3) is 3.42. The Bertz CT molecular complexity index is 541. The van der Waals surface area contributed by atoms with Gasteiger partial charge in [-0.1, -0.05) is 6.07 Å². The van der Waals surface area contributed by atoms with Crippen LogP contribution in [0.15, 0.2) is 30.3 Å². The van der Waals surface area contributed by atoms with Crippen molar-refractivity contribution in [2.75, 3.05) is 6.61 Å². The van der Waals surface area contributed by atoms with Crippen molar-refractivity contribution in [2.24, 2.45) is 5.73 Å². The maximum Gasteiger partial charge on any atom is 0.239 e. The zero-order chi connectivity index (χ0) is 13.7. The zero-order valence-corrected chi connectivity index (χ0v) is 11.1. The summed E-state index contributed by atoms with van der Waals surface area (Å²) in [6.45, 7) is 4.82. The smallest absolute Gasteiger partial charge is 0.239 e. The van der Waals surface area contributed by atoms with Crippen molar-refractivity contribution >= 4 is 0 Å². The molecule has 5 nitrogen and oxygen atoms in total. The Morgan fingerprint density at radius 1 is 1.11 bits per heavy atom. The van der Waals surface area contributed by atoms with Crippen molar-refractivity contribution in [2.45, 2.75) is 20.4 Å². The largest absolute Gasteiger partial charge is 0.490 e. The topological polar surface area (TPSA) is 70.3 Å². The van der Waals surface area contributed by atoms with E-state index in [4.69, 9.17) is 15.2 Å². The average Bonchev–Trinajstić information content (AvgIpc) is 2.43. The van der Waals surface area contributed by atoms with Crippen LogP contribution < -0.4 is 15.2 Å². The summed E-state index contributed by atoms with van der Waals surface area (Å²) in [6, 6.07) is 9.22. The molecule has 0 unspecified atom stereocenters. The van der Waals surface area contributed by atoms with E-state index in [1.807, 2.05) is 38.1 Å². The van der Waals surface area contributed by atoms with Gasteiger partial charge in [-0.25, -0.2) is 0 Å². The maximum absolute atomic E-state index is 5.68. The van der Waals surface area contributed by atoms with Crippen LogP contribution >= 0.6 is 0 Å². The van der Waals surface area contributed by atoms with Crippen LogP contribution in [0.1, 0.15) is 18.2 Å². The second-order valence-corrected chi connectivity index (χ2v) is 4.03. The predicted molar refractivity (Wildman–Crippen MR) is 72.3 cm³/mol. The van der Waals surface area contributed by atoms with Gasteiger partial charge in [0.25, 0.3) is 0 Å². The molecule has 0 spiro atoms. The van der Waals surface area contributed by atoms with Gasteiger partial charge < -0.3 is 15.2 Å². The van der Waals surface area contributed by atoms with Crippen LogP contribution in [-0.4, -0.2) is 16.8 Å². The lowest BCUT2D eigenvalue weighted by Crippen LogP contribution is -2.00. The summed E-state index contributed by atoms with van der Waals surface area (Å²) in [6.07, 6.45) is 0. The summed E-state index contributed by atoms with van der Waals surface area (Å²) in [5, 5.41) is 7.91. The molecule has 100 valence electrons. The van der Waals surface area contributed by atoms with Crippen LogP contribution in [0.5, 0.6) is 17.4 Å². The third-order valence-electron chi connectivity index (χ3n) is 2.53. The van der Waals surface area contributed by atoms with Crippen molar-refractivity contribution in [3.63, 3.8) is 0 Å². The van der Waals surface area contributed by atoms with Crippen molar-refractivity contribution in [1.29, 1.82) is 0 Å². The zero-order valence-electron chi connectivity index (χ0n) is 11.1. The molecular formula is C14H17N3O2. The van der Waals surface area contributed by atoms with E-state index in [-0.39, 0.29) is 0 Å². The predicted octanol–water partition coefficient (Wildman–Crippen LogP) is 2.43. The lowest BCUT2D eigenvalue weighted by Gasteiger charge is -2.11. The van der Waals surface area contributed by atoms with E-state index in [1.54, 1.807) is 6.07 Å². The van der Waals surface area contributed by atoms with Gasteiger partial charge >= 0.3 is 0 Å². The summed E-state index contributed by atoms with van der Waals surface area (Å²) >= 11 is 0. The van der Waals surface area contributed by atoms with Gasteiger partial charge in [0.15, 0.2) is 11.5 Å². The van der Waals surface area contributed by atoms with Crippen molar-refractivity contribution in [1.82, 2.24) is 10.2 Å². The molecule has 0 atom stereocenters. The standard InChI is InChI=1S/C14H17N3O2/c1-3-18-13-8-11(9-15)5-6-12(13)19-14-7-4-10(2)16-17-14/h4-8H,3,9,15H2,1-2H3. The van der Waals surface area contributed by atoms with Gasteiger partial charge in [-0.05, 0) is 37.6 Å². The minimum Gasteiger partial charge on any atom is -0.490 e. The van der Waals surface area contributed by atoms with Gasteiger partial charge in [0, 0.05) is 12.6 Å². The average molecular weight is 259 g/mol. The van der Waals surface area contributed by atoms with Gasteiger partial charge in [0.05, 0.1) is 12.3 Å². The van der Waals surface area contributed by atoms with E-state index < -0.39 is 0 Å². The second-order valence-electron chi connectivity index (χ2n) is 4.03. The lowest BCUT2D eigenvalue weighted by molar-refractivity contribution is 0.318. The molecule has 1 heterocycles. The summed E-state index contributed by atoms with van der Waals surface area (Å²) in [7, 11) is 0. The van der Waals surface area contributed by atoms with Crippen LogP contribution in [0.4, 0.5) is 0 Å². The minimum atomic E-state index is 0.437. The molecule has 0 radical (unpaired) electrons. The molecule has 1 aromatic heterocycles. The van der Waals surface area contributed by atoms with Gasteiger partial charge in [-0.3, -0.25) is 0 Å². The number of nitrogens with two attached hydrogens (primary N) is 1. The van der Waals surface area contributed by atoms with Gasteiger partial charge in [0.2, 0.25) is 5.88 Å².